The molecule has 0 radical (unpaired) electrons. The molecule has 1 aromatic carbocycles. The number of nitrogens with zero attached hydrogens (tertiary/aromatic N) is 2. The van der Waals surface area contributed by atoms with E-state index < -0.39 is 5.97 Å². The predicted molar refractivity (Wildman–Crippen MR) is 120 cm³/mol. The van der Waals surface area contributed by atoms with Crippen LogP contribution in [0.4, 0.5) is 5.69 Å². The summed E-state index contributed by atoms with van der Waals surface area (Å²) in [5.74, 6) is -1.19. The van der Waals surface area contributed by atoms with E-state index in [1.807, 2.05) is 35.3 Å². The van der Waals surface area contributed by atoms with Crippen molar-refractivity contribution >= 4 is 29.2 Å². The molecule has 0 atom stereocenters. The number of H-pyrrole nitrogens is 1. The van der Waals surface area contributed by atoms with Crippen molar-refractivity contribution < 1.29 is 19.4 Å². The van der Waals surface area contributed by atoms with Crippen LogP contribution in [0.1, 0.15) is 51.8 Å². The second kappa shape index (κ2) is 7.80. The molecule has 32 heavy (non-hydrogen) atoms. The van der Waals surface area contributed by atoms with Crippen molar-refractivity contribution in [1.29, 1.82) is 0 Å². The summed E-state index contributed by atoms with van der Waals surface area (Å²) in [6.45, 7) is 4.97. The maximum atomic E-state index is 12.7. The molecule has 4 heterocycles. The van der Waals surface area contributed by atoms with E-state index in [1.54, 1.807) is 19.9 Å². The lowest BCUT2D eigenvalue weighted by molar-refractivity contribution is -0.110. The van der Waals surface area contributed by atoms with Crippen molar-refractivity contribution in [3.8, 4) is 11.1 Å². The van der Waals surface area contributed by atoms with E-state index in [0.717, 1.165) is 48.4 Å². The number of carboxylic acid groups (broad SMARTS) is 1. The van der Waals surface area contributed by atoms with Crippen LogP contribution in [0.2, 0.25) is 0 Å². The molecule has 0 spiro atoms. The summed E-state index contributed by atoms with van der Waals surface area (Å²) in [6.07, 6.45) is 7.52. The minimum Gasteiger partial charge on any atom is -0.478 e. The summed E-state index contributed by atoms with van der Waals surface area (Å²) in [5, 5.41) is 16.9. The van der Waals surface area contributed by atoms with Gasteiger partial charge in [0.1, 0.15) is 0 Å². The monoisotopic (exact) mass is 432 g/mol. The second-order valence-electron chi connectivity index (χ2n) is 8.29. The molecule has 164 valence electrons. The Morgan fingerprint density at radius 2 is 2.03 bits per heavy atom. The summed E-state index contributed by atoms with van der Waals surface area (Å²) in [5.41, 5.74) is 6.01. The number of carbonyl (C=O) groups is 2. The fourth-order valence-corrected chi connectivity index (χ4v) is 4.53. The molecule has 0 bridgehead atoms. The molecule has 0 unspecified atom stereocenters. The second-order valence-corrected chi connectivity index (χ2v) is 8.29. The van der Waals surface area contributed by atoms with Crippen LogP contribution in [0, 0.1) is 13.8 Å². The highest BCUT2D eigenvalue weighted by molar-refractivity contribution is 6.35. The zero-order chi connectivity index (χ0) is 22.4. The van der Waals surface area contributed by atoms with Crippen molar-refractivity contribution in [2.45, 2.75) is 32.7 Å². The topological polar surface area (TPSA) is 109 Å². The first kappa shape index (κ1) is 20.3. The SMILES string of the molecule is Cc1[nH]c(C=C2C(=O)Nc3ccc(-c4cnn(C5CCOCC5)c4)cc32)c(C)c1C(=O)O. The number of nitrogens with one attached hydrogen (secondary N) is 2. The Labute approximate surface area is 184 Å². The minimum absolute atomic E-state index is 0.210. The van der Waals surface area contributed by atoms with E-state index in [4.69, 9.17) is 4.74 Å². The molecule has 1 amide bonds. The Balaban J connectivity index is 1.51. The van der Waals surface area contributed by atoms with Gasteiger partial charge in [0.25, 0.3) is 5.91 Å². The molecular formula is C24H24N4O4. The zero-order valence-electron chi connectivity index (χ0n) is 17.9. The molecule has 8 nitrogen and oxygen atoms in total. The Kier molecular flexibility index (Phi) is 4.94. The van der Waals surface area contributed by atoms with E-state index in [9.17, 15) is 14.7 Å². The highest BCUT2D eigenvalue weighted by atomic mass is 16.5. The maximum Gasteiger partial charge on any atom is 0.337 e. The van der Waals surface area contributed by atoms with Gasteiger partial charge in [0.05, 0.1) is 23.4 Å². The average Bonchev–Trinajstić information content (AvgIpc) is 3.45. The fourth-order valence-electron chi connectivity index (χ4n) is 4.53. The maximum absolute atomic E-state index is 12.7. The number of aromatic carboxylic acids is 1. The number of benzene rings is 1. The van der Waals surface area contributed by atoms with Gasteiger partial charge in [-0.25, -0.2) is 4.79 Å². The number of aryl methyl sites for hydroxylation is 1. The lowest BCUT2D eigenvalue weighted by atomic mass is 10.00. The molecule has 3 N–H and O–H groups in total. The standard InChI is InChI=1S/C24H24N4O4/c1-13-21(26-14(2)22(13)24(30)31)10-19-18-9-15(3-4-20(18)27-23(19)29)16-11-25-28(12-16)17-5-7-32-8-6-17/h3-4,9-12,17,26H,5-8H2,1-2H3,(H,27,29)(H,30,31). The molecule has 0 saturated carbocycles. The number of fused-ring (bicyclic) bond motifs is 1. The van der Waals surface area contributed by atoms with Crippen molar-refractivity contribution in [2.24, 2.45) is 0 Å². The van der Waals surface area contributed by atoms with E-state index >= 15 is 0 Å². The van der Waals surface area contributed by atoms with Gasteiger partial charge in [-0.15, -0.1) is 0 Å². The number of aromatic amines is 1. The number of ether oxygens (including phenoxy) is 1. The smallest absolute Gasteiger partial charge is 0.337 e. The molecule has 1 saturated heterocycles. The van der Waals surface area contributed by atoms with Crippen LogP contribution in [-0.2, 0) is 9.53 Å². The average molecular weight is 432 g/mol. The van der Waals surface area contributed by atoms with E-state index in [2.05, 4.69) is 15.4 Å². The number of hydrogen-bond donors (Lipinski definition) is 3. The number of amides is 1. The first-order valence-corrected chi connectivity index (χ1v) is 10.6. The summed E-state index contributed by atoms with van der Waals surface area (Å²) in [6, 6.07) is 6.19. The molecule has 8 heteroatoms. The molecular weight excluding hydrogens is 408 g/mol. The number of hydrogen-bond acceptors (Lipinski definition) is 4. The molecule has 1 fully saturated rings. The summed E-state index contributed by atoms with van der Waals surface area (Å²) < 4.78 is 7.45. The normalized spacial score (nSPS) is 17.6. The van der Waals surface area contributed by atoms with E-state index in [-0.39, 0.29) is 11.5 Å². The van der Waals surface area contributed by atoms with Gasteiger partial charge in [0.2, 0.25) is 0 Å². The molecule has 5 rings (SSSR count). The van der Waals surface area contributed by atoms with Gasteiger partial charge < -0.3 is 20.1 Å². The van der Waals surface area contributed by atoms with Gasteiger partial charge in [-0.2, -0.15) is 5.10 Å². The van der Waals surface area contributed by atoms with Crippen LogP contribution in [-0.4, -0.2) is 45.0 Å². The van der Waals surface area contributed by atoms with Crippen molar-refractivity contribution in [3.63, 3.8) is 0 Å². The Hall–Kier alpha value is -3.65. The van der Waals surface area contributed by atoms with Gasteiger partial charge in [-0.1, -0.05) is 6.07 Å². The number of rotatable bonds is 4. The van der Waals surface area contributed by atoms with Crippen molar-refractivity contribution in [3.05, 3.63) is 58.7 Å². The van der Waals surface area contributed by atoms with E-state index in [0.29, 0.717) is 28.6 Å². The predicted octanol–water partition coefficient (Wildman–Crippen LogP) is 4.04. The first-order chi connectivity index (χ1) is 15.4. The Bertz CT molecular complexity index is 1260. The quantitative estimate of drug-likeness (QED) is 0.539. The molecule has 3 aromatic rings. The Morgan fingerprint density at radius 3 is 2.75 bits per heavy atom. The third kappa shape index (κ3) is 3.42. The lowest BCUT2D eigenvalue weighted by Crippen LogP contribution is -2.19. The van der Waals surface area contributed by atoms with Crippen LogP contribution in [0.15, 0.2) is 30.6 Å². The number of carboxylic acids is 1. The summed E-state index contributed by atoms with van der Waals surface area (Å²) >= 11 is 0. The lowest BCUT2D eigenvalue weighted by Gasteiger charge is -2.22. The zero-order valence-corrected chi connectivity index (χ0v) is 17.9. The number of anilines is 1. The minimum atomic E-state index is -0.985. The fraction of sp³-hybridized carbons (Fsp3) is 0.292. The molecule has 2 aliphatic rings. The highest BCUT2D eigenvalue weighted by Gasteiger charge is 2.26. The van der Waals surface area contributed by atoms with Gasteiger partial charge >= 0.3 is 5.97 Å². The van der Waals surface area contributed by atoms with Gasteiger partial charge in [0, 0.05) is 47.6 Å². The summed E-state index contributed by atoms with van der Waals surface area (Å²) in [7, 11) is 0. The van der Waals surface area contributed by atoms with Gasteiger partial charge in [0.15, 0.2) is 0 Å². The van der Waals surface area contributed by atoms with Crippen LogP contribution in [0.5, 0.6) is 0 Å². The van der Waals surface area contributed by atoms with E-state index in [1.165, 1.54) is 0 Å². The molecule has 0 aliphatic carbocycles. The van der Waals surface area contributed by atoms with Crippen molar-refractivity contribution in [2.75, 3.05) is 18.5 Å². The number of carbonyl (C=O) groups excluding carboxylic acids is 1. The van der Waals surface area contributed by atoms with Crippen LogP contribution in [0.25, 0.3) is 22.8 Å². The molecule has 2 aromatic heterocycles. The van der Waals surface area contributed by atoms with Crippen LogP contribution in [0.3, 0.4) is 0 Å². The van der Waals surface area contributed by atoms with Gasteiger partial charge in [-0.05, 0) is 56.0 Å². The van der Waals surface area contributed by atoms with Crippen LogP contribution < -0.4 is 5.32 Å². The highest BCUT2D eigenvalue weighted by Crippen LogP contribution is 2.37. The summed E-state index contributed by atoms with van der Waals surface area (Å²) in [4.78, 5) is 27.3. The van der Waals surface area contributed by atoms with Gasteiger partial charge in [-0.3, -0.25) is 9.48 Å². The largest absolute Gasteiger partial charge is 0.478 e. The third-order valence-corrected chi connectivity index (χ3v) is 6.28. The first-order valence-electron chi connectivity index (χ1n) is 10.6. The third-order valence-electron chi connectivity index (χ3n) is 6.28. The number of aromatic nitrogens is 3. The van der Waals surface area contributed by atoms with Crippen molar-refractivity contribution in [1.82, 2.24) is 14.8 Å². The van der Waals surface area contributed by atoms with Crippen LogP contribution >= 0.6 is 0 Å². The molecule has 2 aliphatic heterocycles. The Morgan fingerprint density at radius 1 is 1.25 bits per heavy atom.